The SMILES string of the molecule is Cc1cccc(OCCC(=O)NC2C3CCC(C3)C2CO)c1. The van der Waals surface area contributed by atoms with E-state index in [0.717, 1.165) is 17.7 Å². The fourth-order valence-electron chi connectivity index (χ4n) is 4.12. The molecule has 1 aromatic rings. The number of ether oxygens (including phenoxy) is 1. The highest BCUT2D eigenvalue weighted by Crippen LogP contribution is 2.48. The highest BCUT2D eigenvalue weighted by atomic mass is 16.5. The smallest absolute Gasteiger partial charge is 0.223 e. The van der Waals surface area contributed by atoms with Crippen LogP contribution in [-0.2, 0) is 4.79 Å². The fraction of sp³-hybridized carbons (Fsp3) is 0.611. The van der Waals surface area contributed by atoms with Crippen LogP contribution < -0.4 is 10.1 Å². The van der Waals surface area contributed by atoms with Crippen molar-refractivity contribution in [2.75, 3.05) is 13.2 Å². The van der Waals surface area contributed by atoms with Crippen LogP contribution in [0.1, 0.15) is 31.2 Å². The van der Waals surface area contributed by atoms with Gasteiger partial charge < -0.3 is 15.2 Å². The highest BCUT2D eigenvalue weighted by molar-refractivity contribution is 5.76. The van der Waals surface area contributed by atoms with Crippen molar-refractivity contribution in [3.63, 3.8) is 0 Å². The van der Waals surface area contributed by atoms with Crippen LogP contribution in [0.15, 0.2) is 24.3 Å². The summed E-state index contributed by atoms with van der Waals surface area (Å²) in [7, 11) is 0. The number of carbonyl (C=O) groups excluding carboxylic acids is 1. The topological polar surface area (TPSA) is 58.6 Å². The molecule has 3 rings (SSSR count). The van der Waals surface area contributed by atoms with E-state index >= 15 is 0 Å². The number of aliphatic hydroxyl groups is 1. The molecule has 0 saturated heterocycles. The van der Waals surface area contributed by atoms with E-state index in [1.807, 2.05) is 31.2 Å². The molecular weight excluding hydrogens is 278 g/mol. The van der Waals surface area contributed by atoms with Gasteiger partial charge >= 0.3 is 0 Å². The number of carbonyl (C=O) groups is 1. The normalized spacial score (nSPS) is 29.5. The van der Waals surface area contributed by atoms with Crippen molar-refractivity contribution in [2.24, 2.45) is 17.8 Å². The van der Waals surface area contributed by atoms with Gasteiger partial charge in [-0.25, -0.2) is 0 Å². The first-order valence-electron chi connectivity index (χ1n) is 8.27. The van der Waals surface area contributed by atoms with Gasteiger partial charge in [0.05, 0.1) is 13.0 Å². The first-order chi connectivity index (χ1) is 10.7. The Morgan fingerprint density at radius 3 is 2.95 bits per heavy atom. The molecule has 2 aliphatic rings. The molecule has 4 heteroatoms. The highest BCUT2D eigenvalue weighted by Gasteiger charge is 2.47. The van der Waals surface area contributed by atoms with Gasteiger partial charge in [0.15, 0.2) is 0 Å². The first-order valence-corrected chi connectivity index (χ1v) is 8.27. The number of hydrogen-bond acceptors (Lipinski definition) is 3. The molecule has 0 spiro atoms. The third-order valence-corrected chi connectivity index (χ3v) is 5.21. The summed E-state index contributed by atoms with van der Waals surface area (Å²) < 4.78 is 5.63. The van der Waals surface area contributed by atoms with Crippen LogP contribution in [0.5, 0.6) is 5.75 Å². The Balaban J connectivity index is 1.45. The van der Waals surface area contributed by atoms with Gasteiger partial charge in [-0.05, 0) is 55.7 Å². The van der Waals surface area contributed by atoms with Crippen molar-refractivity contribution in [3.8, 4) is 5.75 Å². The van der Waals surface area contributed by atoms with Crippen LogP contribution in [0.25, 0.3) is 0 Å². The summed E-state index contributed by atoms with van der Waals surface area (Å²) in [6.45, 7) is 2.59. The predicted octanol–water partition coefficient (Wildman–Crippen LogP) is 2.29. The molecule has 1 amide bonds. The Morgan fingerprint density at radius 2 is 2.18 bits per heavy atom. The largest absolute Gasteiger partial charge is 0.493 e. The molecule has 1 aromatic carbocycles. The van der Waals surface area contributed by atoms with E-state index in [4.69, 9.17) is 4.74 Å². The molecule has 0 heterocycles. The average Bonchev–Trinajstić information content (AvgIpc) is 3.08. The first kappa shape index (κ1) is 15.3. The molecule has 4 nitrogen and oxygen atoms in total. The lowest BCUT2D eigenvalue weighted by molar-refractivity contribution is -0.123. The maximum absolute atomic E-state index is 12.1. The molecule has 0 aromatic heterocycles. The fourth-order valence-corrected chi connectivity index (χ4v) is 4.12. The predicted molar refractivity (Wildman–Crippen MR) is 84.6 cm³/mol. The van der Waals surface area contributed by atoms with E-state index in [-0.39, 0.29) is 24.5 Å². The number of hydrogen-bond donors (Lipinski definition) is 2. The number of amides is 1. The van der Waals surface area contributed by atoms with Crippen molar-refractivity contribution >= 4 is 5.91 Å². The maximum atomic E-state index is 12.1. The van der Waals surface area contributed by atoms with E-state index in [2.05, 4.69) is 5.32 Å². The Hall–Kier alpha value is -1.55. The molecule has 120 valence electrons. The lowest BCUT2D eigenvalue weighted by atomic mass is 9.85. The van der Waals surface area contributed by atoms with E-state index < -0.39 is 0 Å². The average molecular weight is 303 g/mol. The van der Waals surface area contributed by atoms with Crippen molar-refractivity contribution in [3.05, 3.63) is 29.8 Å². The van der Waals surface area contributed by atoms with E-state index in [0.29, 0.717) is 24.9 Å². The van der Waals surface area contributed by atoms with Crippen molar-refractivity contribution in [1.29, 1.82) is 0 Å². The van der Waals surface area contributed by atoms with Gasteiger partial charge in [-0.15, -0.1) is 0 Å². The second kappa shape index (κ2) is 6.69. The van der Waals surface area contributed by atoms with Crippen LogP contribution in [-0.4, -0.2) is 30.3 Å². The maximum Gasteiger partial charge on any atom is 0.223 e. The van der Waals surface area contributed by atoms with E-state index in [1.165, 1.54) is 12.8 Å². The summed E-state index contributed by atoms with van der Waals surface area (Å²) in [6.07, 6.45) is 3.92. The van der Waals surface area contributed by atoms with Crippen LogP contribution in [0.4, 0.5) is 0 Å². The van der Waals surface area contributed by atoms with Crippen molar-refractivity contribution < 1.29 is 14.6 Å². The van der Waals surface area contributed by atoms with Crippen molar-refractivity contribution in [1.82, 2.24) is 5.32 Å². The Labute approximate surface area is 131 Å². The van der Waals surface area contributed by atoms with Crippen LogP contribution in [0, 0.1) is 24.7 Å². The minimum absolute atomic E-state index is 0.0312. The molecule has 2 saturated carbocycles. The zero-order chi connectivity index (χ0) is 15.5. The third-order valence-electron chi connectivity index (χ3n) is 5.21. The summed E-state index contributed by atoms with van der Waals surface area (Å²) >= 11 is 0. The van der Waals surface area contributed by atoms with Gasteiger partial charge in [0.1, 0.15) is 5.75 Å². The summed E-state index contributed by atoms with van der Waals surface area (Å²) in [4.78, 5) is 12.1. The van der Waals surface area contributed by atoms with Gasteiger partial charge in [-0.3, -0.25) is 4.79 Å². The van der Waals surface area contributed by atoms with Gasteiger partial charge in [-0.1, -0.05) is 12.1 Å². The molecular formula is C18H25NO3. The molecule has 4 atom stereocenters. The summed E-state index contributed by atoms with van der Waals surface area (Å²) in [6, 6.07) is 8.00. The van der Waals surface area contributed by atoms with Gasteiger partial charge in [0.25, 0.3) is 0 Å². The van der Waals surface area contributed by atoms with Crippen LogP contribution in [0.3, 0.4) is 0 Å². The second-order valence-electron chi connectivity index (χ2n) is 6.69. The van der Waals surface area contributed by atoms with Crippen molar-refractivity contribution in [2.45, 2.75) is 38.6 Å². The van der Waals surface area contributed by atoms with Gasteiger partial charge in [0.2, 0.25) is 5.91 Å². The molecule has 22 heavy (non-hydrogen) atoms. The number of nitrogens with one attached hydrogen (secondary N) is 1. The summed E-state index contributed by atoms with van der Waals surface area (Å²) in [5.74, 6) is 2.25. The molecule has 0 aliphatic heterocycles. The molecule has 2 fully saturated rings. The molecule has 2 aliphatic carbocycles. The minimum Gasteiger partial charge on any atom is -0.493 e. The molecule has 2 bridgehead atoms. The number of rotatable bonds is 6. The molecule has 2 N–H and O–H groups in total. The number of fused-ring (bicyclic) bond motifs is 2. The lowest BCUT2D eigenvalue weighted by Crippen LogP contribution is -2.45. The Kier molecular flexibility index (Phi) is 4.67. The third kappa shape index (κ3) is 3.27. The zero-order valence-electron chi connectivity index (χ0n) is 13.1. The lowest BCUT2D eigenvalue weighted by Gasteiger charge is -2.30. The van der Waals surface area contributed by atoms with Crippen LogP contribution in [0.2, 0.25) is 0 Å². The van der Waals surface area contributed by atoms with Crippen LogP contribution >= 0.6 is 0 Å². The molecule has 4 unspecified atom stereocenters. The van der Waals surface area contributed by atoms with E-state index in [9.17, 15) is 9.90 Å². The molecule has 0 radical (unpaired) electrons. The van der Waals surface area contributed by atoms with E-state index in [1.54, 1.807) is 0 Å². The minimum atomic E-state index is 0.0312. The number of aliphatic hydroxyl groups excluding tert-OH is 1. The standard InChI is InChI=1S/C18H25NO3/c1-12-3-2-4-15(9-12)22-8-7-17(21)19-18-14-6-5-13(10-14)16(18)11-20/h2-4,9,13-14,16,18,20H,5-8,10-11H2,1H3,(H,19,21). The summed E-state index contributed by atoms with van der Waals surface area (Å²) in [5.41, 5.74) is 1.15. The Morgan fingerprint density at radius 1 is 1.36 bits per heavy atom. The Bertz CT molecular complexity index is 531. The van der Waals surface area contributed by atoms with Gasteiger partial charge in [-0.2, -0.15) is 0 Å². The van der Waals surface area contributed by atoms with Gasteiger partial charge in [0, 0.05) is 18.6 Å². The monoisotopic (exact) mass is 303 g/mol. The second-order valence-corrected chi connectivity index (χ2v) is 6.69. The summed E-state index contributed by atoms with van der Waals surface area (Å²) in [5, 5.41) is 12.7. The zero-order valence-corrected chi connectivity index (χ0v) is 13.1. The number of benzene rings is 1. The quantitative estimate of drug-likeness (QED) is 0.847. The number of aryl methyl sites for hydroxylation is 1.